The number of rotatable bonds is 4. The van der Waals surface area contributed by atoms with Crippen LogP contribution in [-0.2, 0) is 0 Å². The number of pyridine rings is 1. The van der Waals surface area contributed by atoms with Crippen LogP contribution in [0.5, 0.6) is 0 Å². The lowest BCUT2D eigenvalue weighted by atomic mass is 9.90. The van der Waals surface area contributed by atoms with Gasteiger partial charge in [0, 0.05) is 31.0 Å². The van der Waals surface area contributed by atoms with Gasteiger partial charge in [-0.3, -0.25) is 14.6 Å². The molecule has 2 amide bonds. The summed E-state index contributed by atoms with van der Waals surface area (Å²) in [6.45, 7) is 4.01. The molecule has 1 saturated heterocycles. The minimum Gasteiger partial charge on any atom is -0.337 e. The molecule has 0 saturated carbocycles. The smallest absolute Gasteiger partial charge is 0.266 e. The van der Waals surface area contributed by atoms with Crippen LogP contribution in [0.3, 0.4) is 0 Å². The number of carbonyl (C=O) groups excluding carboxylic acids is 2. The van der Waals surface area contributed by atoms with Crippen LogP contribution in [0.15, 0.2) is 36.0 Å². The zero-order chi connectivity index (χ0) is 17.2. The van der Waals surface area contributed by atoms with Gasteiger partial charge >= 0.3 is 0 Å². The molecule has 3 rings (SSSR count). The van der Waals surface area contributed by atoms with Crippen LogP contribution in [0.1, 0.15) is 33.4 Å². The number of nitrogens with zero attached hydrogens (tertiary/aromatic N) is 2. The highest BCUT2D eigenvalue weighted by Gasteiger charge is 2.36. The summed E-state index contributed by atoms with van der Waals surface area (Å²) >= 11 is 1.34. The minimum absolute atomic E-state index is 0.0205. The van der Waals surface area contributed by atoms with Gasteiger partial charge in [0.05, 0.1) is 5.69 Å². The largest absolute Gasteiger partial charge is 0.337 e. The maximum absolute atomic E-state index is 12.8. The van der Waals surface area contributed by atoms with Crippen LogP contribution in [0.25, 0.3) is 0 Å². The van der Waals surface area contributed by atoms with E-state index >= 15 is 0 Å². The van der Waals surface area contributed by atoms with E-state index in [0.29, 0.717) is 35.8 Å². The number of thiophene rings is 1. The van der Waals surface area contributed by atoms with Gasteiger partial charge in [-0.15, -0.1) is 11.3 Å². The van der Waals surface area contributed by atoms with Crippen molar-refractivity contribution in [2.24, 2.45) is 11.1 Å². The summed E-state index contributed by atoms with van der Waals surface area (Å²) in [7, 11) is 0. The van der Waals surface area contributed by atoms with Crippen LogP contribution in [-0.4, -0.2) is 41.3 Å². The molecule has 0 radical (unpaired) electrons. The number of anilines is 1. The molecule has 2 aromatic heterocycles. The quantitative estimate of drug-likeness (QED) is 0.890. The first kappa shape index (κ1) is 16.6. The van der Waals surface area contributed by atoms with E-state index in [1.807, 2.05) is 10.3 Å². The second-order valence-electron chi connectivity index (χ2n) is 6.34. The van der Waals surface area contributed by atoms with E-state index in [9.17, 15) is 9.59 Å². The highest BCUT2D eigenvalue weighted by Crippen LogP contribution is 2.32. The molecule has 0 aromatic carbocycles. The van der Waals surface area contributed by atoms with E-state index in [0.717, 1.165) is 6.42 Å². The van der Waals surface area contributed by atoms with Crippen LogP contribution < -0.4 is 11.1 Å². The molecular weight excluding hydrogens is 324 g/mol. The second kappa shape index (κ2) is 6.70. The molecule has 0 bridgehead atoms. The summed E-state index contributed by atoms with van der Waals surface area (Å²) in [5.41, 5.74) is 6.85. The van der Waals surface area contributed by atoms with Crippen molar-refractivity contribution >= 4 is 28.8 Å². The molecule has 1 aliphatic heterocycles. The summed E-state index contributed by atoms with van der Waals surface area (Å²) < 4.78 is 0. The molecule has 24 heavy (non-hydrogen) atoms. The van der Waals surface area contributed by atoms with Gasteiger partial charge in [-0.2, -0.15) is 0 Å². The maximum atomic E-state index is 12.8. The number of likely N-dealkylation sites (tertiary alicyclic amines) is 1. The van der Waals surface area contributed by atoms with Crippen molar-refractivity contribution in [3.05, 3.63) is 46.4 Å². The summed E-state index contributed by atoms with van der Waals surface area (Å²) in [6, 6.07) is 5.03. The lowest BCUT2D eigenvalue weighted by Crippen LogP contribution is -2.34. The molecule has 6 nitrogen and oxygen atoms in total. The molecule has 126 valence electrons. The van der Waals surface area contributed by atoms with Gasteiger partial charge in [0.1, 0.15) is 4.88 Å². The van der Waals surface area contributed by atoms with Crippen LogP contribution in [0.2, 0.25) is 0 Å². The van der Waals surface area contributed by atoms with Crippen LogP contribution in [0.4, 0.5) is 5.69 Å². The highest BCUT2D eigenvalue weighted by molar-refractivity contribution is 7.12. The number of hydrogen-bond acceptors (Lipinski definition) is 5. The Kier molecular flexibility index (Phi) is 4.64. The van der Waals surface area contributed by atoms with E-state index in [4.69, 9.17) is 5.73 Å². The molecule has 1 fully saturated rings. The van der Waals surface area contributed by atoms with Gasteiger partial charge in [0.25, 0.3) is 11.8 Å². The predicted molar refractivity (Wildman–Crippen MR) is 94.2 cm³/mol. The summed E-state index contributed by atoms with van der Waals surface area (Å²) in [5.74, 6) is -0.301. The number of carbonyl (C=O) groups is 2. The average Bonchev–Trinajstić information content (AvgIpc) is 3.22. The molecule has 0 aliphatic carbocycles. The standard InChI is InChI=1S/C17H20N4O2S/c1-17(10-18)5-8-21(11-17)16(23)14-13(4-9-24-14)20-15(22)12-2-6-19-7-3-12/h2-4,6-7,9H,5,8,10-11,18H2,1H3,(H,20,22). The van der Waals surface area contributed by atoms with E-state index in [1.165, 1.54) is 11.3 Å². The zero-order valence-electron chi connectivity index (χ0n) is 13.5. The summed E-state index contributed by atoms with van der Waals surface area (Å²) in [4.78, 5) is 31.3. The fraction of sp³-hybridized carbons (Fsp3) is 0.353. The van der Waals surface area contributed by atoms with Crippen molar-refractivity contribution in [3.8, 4) is 0 Å². The van der Waals surface area contributed by atoms with Crippen molar-refractivity contribution in [1.29, 1.82) is 0 Å². The molecule has 7 heteroatoms. The van der Waals surface area contributed by atoms with Gasteiger partial charge in [0.15, 0.2) is 0 Å². The maximum Gasteiger partial charge on any atom is 0.266 e. The van der Waals surface area contributed by atoms with Crippen molar-refractivity contribution in [2.45, 2.75) is 13.3 Å². The van der Waals surface area contributed by atoms with Gasteiger partial charge < -0.3 is 16.0 Å². The van der Waals surface area contributed by atoms with Crippen molar-refractivity contribution in [3.63, 3.8) is 0 Å². The highest BCUT2D eigenvalue weighted by atomic mass is 32.1. The number of nitrogens with two attached hydrogens (primary N) is 1. The third-order valence-corrected chi connectivity index (χ3v) is 5.29. The fourth-order valence-electron chi connectivity index (χ4n) is 2.78. The van der Waals surface area contributed by atoms with Crippen molar-refractivity contribution in [1.82, 2.24) is 9.88 Å². The molecule has 0 spiro atoms. The van der Waals surface area contributed by atoms with Gasteiger partial charge in [-0.1, -0.05) is 6.92 Å². The SMILES string of the molecule is CC1(CN)CCN(C(=O)c2sccc2NC(=O)c2ccncc2)C1. The summed E-state index contributed by atoms with van der Waals surface area (Å²) in [5, 5.41) is 4.63. The summed E-state index contributed by atoms with van der Waals surface area (Å²) in [6.07, 6.45) is 4.03. The Labute approximate surface area is 144 Å². The minimum atomic E-state index is -0.252. The van der Waals surface area contributed by atoms with E-state index in [1.54, 1.807) is 30.6 Å². The third kappa shape index (κ3) is 3.32. The lowest BCUT2D eigenvalue weighted by molar-refractivity contribution is 0.0782. The fourth-order valence-corrected chi connectivity index (χ4v) is 3.59. The Bertz CT molecular complexity index is 746. The predicted octanol–water partition coefficient (Wildman–Crippen LogP) is 2.21. The molecule has 3 N–H and O–H groups in total. The number of amides is 2. The van der Waals surface area contributed by atoms with Crippen molar-refractivity contribution < 1.29 is 9.59 Å². The van der Waals surface area contributed by atoms with E-state index in [2.05, 4.69) is 17.2 Å². The number of aromatic nitrogens is 1. The monoisotopic (exact) mass is 344 g/mol. The zero-order valence-corrected chi connectivity index (χ0v) is 14.3. The molecule has 1 unspecified atom stereocenters. The Hall–Kier alpha value is -2.25. The average molecular weight is 344 g/mol. The van der Waals surface area contributed by atoms with Crippen molar-refractivity contribution in [2.75, 3.05) is 25.0 Å². The Balaban J connectivity index is 1.74. The Morgan fingerprint density at radius 3 is 2.79 bits per heavy atom. The van der Waals surface area contributed by atoms with Gasteiger partial charge in [-0.25, -0.2) is 0 Å². The van der Waals surface area contributed by atoms with Gasteiger partial charge in [0.2, 0.25) is 0 Å². The molecule has 2 aromatic rings. The Morgan fingerprint density at radius 2 is 2.12 bits per heavy atom. The van der Waals surface area contributed by atoms with Gasteiger partial charge in [-0.05, 0) is 42.0 Å². The first-order valence-corrected chi connectivity index (χ1v) is 8.69. The van der Waals surface area contributed by atoms with E-state index in [-0.39, 0.29) is 17.2 Å². The Morgan fingerprint density at radius 1 is 1.38 bits per heavy atom. The molecule has 1 atom stereocenters. The molecule has 1 aliphatic rings. The second-order valence-corrected chi connectivity index (χ2v) is 7.26. The van der Waals surface area contributed by atoms with E-state index < -0.39 is 0 Å². The topological polar surface area (TPSA) is 88.3 Å². The van der Waals surface area contributed by atoms with Crippen LogP contribution >= 0.6 is 11.3 Å². The normalized spacial score (nSPS) is 20.2. The number of nitrogens with one attached hydrogen (secondary N) is 1. The number of hydrogen-bond donors (Lipinski definition) is 2. The molecular formula is C17H20N4O2S. The lowest BCUT2D eigenvalue weighted by Gasteiger charge is -2.22. The van der Waals surface area contributed by atoms with Crippen LogP contribution in [0, 0.1) is 5.41 Å². The first-order valence-electron chi connectivity index (χ1n) is 7.81. The molecule has 3 heterocycles. The third-order valence-electron chi connectivity index (χ3n) is 4.39. The first-order chi connectivity index (χ1) is 11.5.